The van der Waals surface area contributed by atoms with E-state index < -0.39 is 0 Å². The van der Waals surface area contributed by atoms with Crippen molar-refractivity contribution in [1.29, 1.82) is 0 Å². The van der Waals surface area contributed by atoms with E-state index in [0.29, 0.717) is 16.9 Å². The van der Waals surface area contributed by atoms with Crippen LogP contribution in [0.2, 0.25) is 0 Å². The predicted molar refractivity (Wildman–Crippen MR) is 104 cm³/mol. The maximum Gasteiger partial charge on any atom is 0.292 e. The van der Waals surface area contributed by atoms with Crippen molar-refractivity contribution < 1.29 is 9.59 Å². The Hall–Kier alpha value is -3.15. The van der Waals surface area contributed by atoms with E-state index in [0.717, 1.165) is 25.7 Å². The molecule has 2 aromatic heterocycles. The van der Waals surface area contributed by atoms with Gasteiger partial charge in [-0.2, -0.15) is 0 Å². The second-order valence-corrected chi connectivity index (χ2v) is 6.87. The number of amides is 2. The van der Waals surface area contributed by atoms with Gasteiger partial charge in [-0.15, -0.1) is 0 Å². The number of nitrogens with one attached hydrogen (secondary N) is 2. The fourth-order valence-electron chi connectivity index (χ4n) is 3.57. The van der Waals surface area contributed by atoms with Crippen molar-refractivity contribution in [3.8, 4) is 0 Å². The summed E-state index contributed by atoms with van der Waals surface area (Å²) in [6.07, 6.45) is 7.25. The van der Waals surface area contributed by atoms with Gasteiger partial charge in [0.05, 0.1) is 5.52 Å². The molecule has 0 radical (unpaired) electrons. The van der Waals surface area contributed by atoms with Crippen LogP contribution in [0.3, 0.4) is 0 Å². The maximum absolute atomic E-state index is 12.8. The summed E-state index contributed by atoms with van der Waals surface area (Å²) in [7, 11) is 0. The summed E-state index contributed by atoms with van der Waals surface area (Å²) >= 11 is 0. The highest BCUT2D eigenvalue weighted by Crippen LogP contribution is 2.19. The number of anilines is 1. The molecule has 1 fully saturated rings. The molecule has 1 saturated carbocycles. The Bertz CT molecular complexity index is 959. The van der Waals surface area contributed by atoms with Crippen molar-refractivity contribution in [2.45, 2.75) is 38.1 Å². The Labute approximate surface area is 157 Å². The van der Waals surface area contributed by atoms with E-state index in [9.17, 15) is 9.59 Å². The van der Waals surface area contributed by atoms with Crippen LogP contribution in [0.1, 0.15) is 53.2 Å². The normalized spacial score (nSPS) is 14.8. The zero-order valence-electron chi connectivity index (χ0n) is 15.0. The third-order valence-electron chi connectivity index (χ3n) is 4.94. The lowest BCUT2D eigenvalue weighted by Crippen LogP contribution is -2.36. The molecule has 2 amide bonds. The van der Waals surface area contributed by atoms with E-state index in [1.807, 2.05) is 48.5 Å². The van der Waals surface area contributed by atoms with Crippen molar-refractivity contribution >= 4 is 23.0 Å². The number of imidazole rings is 1. The molecule has 0 spiro atoms. The third kappa shape index (κ3) is 3.69. The average Bonchev–Trinajstić information content (AvgIpc) is 3.09. The van der Waals surface area contributed by atoms with Gasteiger partial charge in [0, 0.05) is 17.9 Å². The molecule has 4 rings (SSSR count). The first-order valence-corrected chi connectivity index (χ1v) is 9.37. The smallest absolute Gasteiger partial charge is 0.292 e. The average molecular weight is 362 g/mol. The molecular formula is C21H22N4O2. The summed E-state index contributed by atoms with van der Waals surface area (Å²) in [6, 6.07) is 14.9. The lowest BCUT2D eigenvalue weighted by molar-refractivity contribution is 0.0925. The molecule has 1 aliphatic carbocycles. The highest BCUT2D eigenvalue weighted by Gasteiger charge is 2.24. The van der Waals surface area contributed by atoms with Crippen molar-refractivity contribution in [3.05, 3.63) is 66.2 Å². The number of benzene rings is 1. The van der Waals surface area contributed by atoms with Crippen LogP contribution >= 0.6 is 0 Å². The lowest BCUT2D eigenvalue weighted by Gasteiger charge is -2.22. The van der Waals surface area contributed by atoms with Gasteiger partial charge in [-0.05, 0) is 37.1 Å². The van der Waals surface area contributed by atoms with E-state index in [1.54, 1.807) is 10.6 Å². The zero-order valence-corrected chi connectivity index (χ0v) is 15.0. The topological polar surface area (TPSA) is 75.5 Å². The van der Waals surface area contributed by atoms with Gasteiger partial charge < -0.3 is 10.6 Å². The van der Waals surface area contributed by atoms with Crippen LogP contribution in [0.5, 0.6) is 0 Å². The molecule has 1 aromatic carbocycles. The number of para-hydroxylation sites is 1. The Morgan fingerprint density at radius 2 is 1.67 bits per heavy atom. The van der Waals surface area contributed by atoms with Crippen molar-refractivity contribution in [2.75, 3.05) is 5.32 Å². The number of rotatable bonds is 4. The molecule has 0 unspecified atom stereocenters. The first-order chi connectivity index (χ1) is 13.2. The minimum Gasteiger partial charge on any atom is -0.348 e. The minimum atomic E-state index is -0.348. The summed E-state index contributed by atoms with van der Waals surface area (Å²) in [5.41, 5.74) is 1.60. The van der Waals surface area contributed by atoms with E-state index in [-0.39, 0.29) is 23.7 Å². The summed E-state index contributed by atoms with van der Waals surface area (Å²) < 4.78 is 1.66. The van der Waals surface area contributed by atoms with Crippen LogP contribution in [0.4, 0.5) is 5.69 Å². The molecule has 1 aliphatic rings. The lowest BCUT2D eigenvalue weighted by atomic mass is 9.95. The zero-order chi connectivity index (χ0) is 18.6. The number of hydrogen-bond donors (Lipinski definition) is 2. The number of aromatic nitrogens is 2. The van der Waals surface area contributed by atoms with E-state index in [2.05, 4.69) is 15.6 Å². The highest BCUT2D eigenvalue weighted by molar-refractivity contribution is 6.06. The second-order valence-electron chi connectivity index (χ2n) is 6.87. The molecule has 6 heteroatoms. The van der Waals surface area contributed by atoms with Crippen LogP contribution in [0.15, 0.2) is 54.7 Å². The molecule has 0 atom stereocenters. The number of hydrogen-bond acceptors (Lipinski definition) is 3. The SMILES string of the molecule is O=C(NC1CCCCC1)c1nc(C(=O)Nc2ccccc2)n2ccccc12. The standard InChI is InChI=1S/C21H22N4O2/c26-20(22-15-9-3-1-4-10-15)18-17-13-7-8-14-25(17)19(24-18)21(27)23-16-11-5-2-6-12-16/h2,5-8,11-15H,1,3-4,9-10H2,(H,22,26)(H,23,27). The summed E-state index contributed by atoms with van der Waals surface area (Å²) in [4.78, 5) is 29.9. The van der Waals surface area contributed by atoms with E-state index in [1.165, 1.54) is 6.42 Å². The third-order valence-corrected chi connectivity index (χ3v) is 4.94. The first kappa shape index (κ1) is 17.3. The molecular weight excluding hydrogens is 340 g/mol. The van der Waals surface area contributed by atoms with Gasteiger partial charge in [-0.3, -0.25) is 14.0 Å². The maximum atomic E-state index is 12.8. The monoisotopic (exact) mass is 362 g/mol. The van der Waals surface area contributed by atoms with E-state index >= 15 is 0 Å². The number of fused-ring (bicyclic) bond motifs is 1. The molecule has 3 aromatic rings. The van der Waals surface area contributed by atoms with Gasteiger partial charge in [0.1, 0.15) is 0 Å². The molecule has 27 heavy (non-hydrogen) atoms. The number of nitrogens with zero attached hydrogens (tertiary/aromatic N) is 2. The molecule has 0 aliphatic heterocycles. The predicted octanol–water partition coefficient (Wildman–Crippen LogP) is 3.65. The molecule has 0 bridgehead atoms. The fourth-order valence-corrected chi connectivity index (χ4v) is 3.57. The fraction of sp³-hybridized carbons (Fsp3) is 0.286. The molecule has 138 valence electrons. The second kappa shape index (κ2) is 7.61. The molecule has 2 N–H and O–H groups in total. The van der Waals surface area contributed by atoms with Crippen LogP contribution < -0.4 is 10.6 Å². The Morgan fingerprint density at radius 1 is 0.926 bits per heavy atom. The van der Waals surface area contributed by atoms with Crippen LogP contribution in [0, 0.1) is 0 Å². The number of carbonyl (C=O) groups is 2. The van der Waals surface area contributed by atoms with Crippen LogP contribution in [0.25, 0.3) is 5.52 Å². The molecule has 2 heterocycles. The van der Waals surface area contributed by atoms with Gasteiger partial charge in [0.2, 0.25) is 5.82 Å². The van der Waals surface area contributed by atoms with Crippen molar-refractivity contribution in [3.63, 3.8) is 0 Å². The molecule has 0 saturated heterocycles. The quantitative estimate of drug-likeness (QED) is 0.744. The summed E-state index contributed by atoms with van der Waals surface area (Å²) in [6.45, 7) is 0. The summed E-state index contributed by atoms with van der Waals surface area (Å²) in [5.74, 6) is -0.369. The van der Waals surface area contributed by atoms with Gasteiger partial charge in [-0.1, -0.05) is 43.5 Å². The Balaban J connectivity index is 1.62. The Morgan fingerprint density at radius 3 is 2.44 bits per heavy atom. The summed E-state index contributed by atoms with van der Waals surface area (Å²) in [5, 5.41) is 5.91. The highest BCUT2D eigenvalue weighted by atomic mass is 16.2. The number of pyridine rings is 1. The van der Waals surface area contributed by atoms with Crippen LogP contribution in [-0.4, -0.2) is 27.2 Å². The van der Waals surface area contributed by atoms with E-state index in [4.69, 9.17) is 0 Å². The van der Waals surface area contributed by atoms with Crippen molar-refractivity contribution in [2.24, 2.45) is 0 Å². The van der Waals surface area contributed by atoms with Gasteiger partial charge >= 0.3 is 0 Å². The van der Waals surface area contributed by atoms with Gasteiger partial charge in [-0.25, -0.2) is 4.98 Å². The van der Waals surface area contributed by atoms with Gasteiger partial charge in [0.15, 0.2) is 5.69 Å². The number of carbonyl (C=O) groups excluding carboxylic acids is 2. The first-order valence-electron chi connectivity index (χ1n) is 9.37. The van der Waals surface area contributed by atoms with Crippen molar-refractivity contribution in [1.82, 2.24) is 14.7 Å². The molecule has 6 nitrogen and oxygen atoms in total. The Kier molecular flexibility index (Phi) is 4.87. The van der Waals surface area contributed by atoms with Crippen LogP contribution in [-0.2, 0) is 0 Å². The minimum absolute atomic E-state index is 0.188. The largest absolute Gasteiger partial charge is 0.348 e. The van der Waals surface area contributed by atoms with Gasteiger partial charge in [0.25, 0.3) is 11.8 Å².